The van der Waals surface area contributed by atoms with E-state index in [1.54, 1.807) is 30.2 Å². The van der Waals surface area contributed by atoms with Crippen molar-refractivity contribution in [2.45, 2.75) is 45.1 Å². The Kier molecular flexibility index (Phi) is 5.99. The first-order valence-corrected chi connectivity index (χ1v) is 12.3. The summed E-state index contributed by atoms with van der Waals surface area (Å²) >= 11 is 6.15. The van der Waals surface area contributed by atoms with Gasteiger partial charge < -0.3 is 19.3 Å². The van der Waals surface area contributed by atoms with Crippen molar-refractivity contribution in [3.8, 4) is 11.5 Å². The molecule has 2 aromatic carbocycles. The second-order valence-corrected chi connectivity index (χ2v) is 10.3. The van der Waals surface area contributed by atoms with E-state index >= 15 is 0 Å². The Morgan fingerprint density at radius 3 is 2.60 bits per heavy atom. The van der Waals surface area contributed by atoms with Crippen LogP contribution in [0.4, 0.5) is 5.69 Å². The standard InChI is InChI=1S/C27H29ClN2O5/c1-16-10-17(2)25-20(11-16)22(31)14-27(35-25)6-8-29(9-7-27)26(33)18-12-24(32)30(15-18)21-13-19(28)4-5-23(21)34-3/h4-5,10-11,13,18H,6-9,12,14-15H2,1-3H3. The van der Waals surface area contributed by atoms with Gasteiger partial charge in [-0.25, -0.2) is 0 Å². The van der Waals surface area contributed by atoms with Gasteiger partial charge in [-0.15, -0.1) is 0 Å². The van der Waals surface area contributed by atoms with Crippen LogP contribution in [-0.4, -0.2) is 54.8 Å². The van der Waals surface area contributed by atoms with Crippen molar-refractivity contribution in [2.24, 2.45) is 5.92 Å². The Bertz CT molecular complexity index is 1220. The number of ether oxygens (including phenoxy) is 2. The fourth-order valence-electron chi connectivity index (χ4n) is 5.59. The number of carbonyl (C=O) groups is 3. The molecule has 0 saturated carbocycles. The maximum atomic E-state index is 13.4. The van der Waals surface area contributed by atoms with Crippen LogP contribution in [0.3, 0.4) is 0 Å². The van der Waals surface area contributed by atoms with Crippen molar-refractivity contribution in [1.29, 1.82) is 0 Å². The maximum Gasteiger partial charge on any atom is 0.228 e. The monoisotopic (exact) mass is 496 g/mol. The number of likely N-dealkylation sites (tertiary alicyclic amines) is 1. The minimum atomic E-state index is -0.577. The van der Waals surface area contributed by atoms with E-state index in [1.807, 2.05) is 30.9 Å². The maximum absolute atomic E-state index is 13.4. The van der Waals surface area contributed by atoms with Gasteiger partial charge in [0.2, 0.25) is 11.8 Å². The first-order valence-electron chi connectivity index (χ1n) is 12.0. The topological polar surface area (TPSA) is 76.2 Å². The highest BCUT2D eigenvalue weighted by molar-refractivity contribution is 6.31. The molecule has 2 aromatic rings. The second kappa shape index (κ2) is 8.86. The highest BCUT2D eigenvalue weighted by Gasteiger charge is 2.46. The van der Waals surface area contributed by atoms with Gasteiger partial charge in [0.25, 0.3) is 0 Å². The van der Waals surface area contributed by atoms with E-state index in [0.29, 0.717) is 60.1 Å². The highest BCUT2D eigenvalue weighted by Crippen LogP contribution is 2.42. The van der Waals surface area contributed by atoms with Crippen LogP contribution >= 0.6 is 11.6 Å². The van der Waals surface area contributed by atoms with Crippen LogP contribution in [0.2, 0.25) is 5.02 Å². The molecule has 2 fully saturated rings. The second-order valence-electron chi connectivity index (χ2n) is 9.89. The number of methoxy groups -OCH3 is 1. The summed E-state index contributed by atoms with van der Waals surface area (Å²) in [6.45, 7) is 5.23. The molecule has 2 amide bonds. The molecule has 3 aliphatic heterocycles. The molecular weight excluding hydrogens is 468 g/mol. The van der Waals surface area contributed by atoms with E-state index in [2.05, 4.69) is 0 Å². The summed E-state index contributed by atoms with van der Waals surface area (Å²) in [7, 11) is 1.54. The summed E-state index contributed by atoms with van der Waals surface area (Å²) in [4.78, 5) is 42.5. The van der Waals surface area contributed by atoms with Crippen molar-refractivity contribution in [2.75, 3.05) is 31.6 Å². The van der Waals surface area contributed by atoms with Crippen LogP contribution in [-0.2, 0) is 9.59 Å². The number of Topliss-reactive ketones (excluding diaryl/α,β-unsaturated/α-hetero) is 1. The van der Waals surface area contributed by atoms with Gasteiger partial charge in [-0.05, 0) is 49.2 Å². The third-order valence-electron chi connectivity index (χ3n) is 7.41. The van der Waals surface area contributed by atoms with Crippen molar-refractivity contribution in [3.05, 3.63) is 52.0 Å². The fourth-order valence-corrected chi connectivity index (χ4v) is 5.76. The Hall–Kier alpha value is -3.06. The molecule has 0 aliphatic carbocycles. The third-order valence-corrected chi connectivity index (χ3v) is 7.65. The van der Waals surface area contributed by atoms with Gasteiger partial charge in [-0.1, -0.05) is 17.7 Å². The van der Waals surface area contributed by atoms with Crippen molar-refractivity contribution < 1.29 is 23.9 Å². The Morgan fingerprint density at radius 1 is 1.14 bits per heavy atom. The smallest absolute Gasteiger partial charge is 0.228 e. The number of anilines is 1. The average molecular weight is 497 g/mol. The van der Waals surface area contributed by atoms with Gasteiger partial charge in [0, 0.05) is 43.9 Å². The van der Waals surface area contributed by atoms with Crippen LogP contribution < -0.4 is 14.4 Å². The number of nitrogens with zero attached hydrogens (tertiary/aromatic N) is 2. The summed E-state index contributed by atoms with van der Waals surface area (Å²) in [5, 5.41) is 0.499. The normalized spacial score (nSPS) is 21.2. The lowest BCUT2D eigenvalue weighted by molar-refractivity contribution is -0.139. The number of ketones is 1. The van der Waals surface area contributed by atoms with E-state index in [1.165, 1.54) is 0 Å². The number of piperidine rings is 1. The number of rotatable bonds is 3. The van der Waals surface area contributed by atoms with Gasteiger partial charge in [0.1, 0.15) is 17.1 Å². The number of hydrogen-bond donors (Lipinski definition) is 0. The Morgan fingerprint density at radius 2 is 1.89 bits per heavy atom. The number of fused-ring (bicyclic) bond motifs is 1. The molecule has 1 spiro atoms. The number of amides is 2. The molecule has 3 heterocycles. The van der Waals surface area contributed by atoms with Gasteiger partial charge >= 0.3 is 0 Å². The molecular formula is C27H29ClN2O5. The Balaban J connectivity index is 1.27. The van der Waals surface area contributed by atoms with Crippen LogP contribution in [0.5, 0.6) is 11.5 Å². The third kappa shape index (κ3) is 4.27. The van der Waals surface area contributed by atoms with E-state index < -0.39 is 11.5 Å². The zero-order chi connectivity index (χ0) is 24.9. The summed E-state index contributed by atoms with van der Waals surface area (Å²) in [6, 6.07) is 9.04. The number of carbonyl (C=O) groups excluding carboxylic acids is 3. The molecule has 0 bridgehead atoms. The molecule has 7 nitrogen and oxygen atoms in total. The van der Waals surface area contributed by atoms with Crippen LogP contribution in [0.1, 0.15) is 47.2 Å². The number of aryl methyl sites for hydroxylation is 2. The van der Waals surface area contributed by atoms with Crippen LogP contribution in [0, 0.1) is 19.8 Å². The van der Waals surface area contributed by atoms with E-state index in [0.717, 1.165) is 11.1 Å². The number of halogens is 1. The fraction of sp³-hybridized carbons (Fsp3) is 0.444. The molecule has 0 aromatic heterocycles. The van der Waals surface area contributed by atoms with Gasteiger partial charge in [0.05, 0.1) is 30.7 Å². The summed E-state index contributed by atoms with van der Waals surface area (Å²) in [5.41, 5.74) is 2.67. The molecule has 8 heteroatoms. The quantitative estimate of drug-likeness (QED) is 0.631. The minimum Gasteiger partial charge on any atom is -0.495 e. The summed E-state index contributed by atoms with van der Waals surface area (Å²) in [5.74, 6) is 0.734. The molecule has 3 aliphatic rings. The van der Waals surface area contributed by atoms with Crippen LogP contribution in [0.15, 0.2) is 30.3 Å². The number of benzene rings is 2. The molecule has 1 unspecified atom stereocenters. The zero-order valence-electron chi connectivity index (χ0n) is 20.2. The lowest BCUT2D eigenvalue weighted by atomic mass is 9.81. The van der Waals surface area contributed by atoms with Gasteiger partial charge in [0.15, 0.2) is 5.78 Å². The van der Waals surface area contributed by atoms with E-state index in [4.69, 9.17) is 21.1 Å². The molecule has 2 saturated heterocycles. The predicted molar refractivity (Wildman–Crippen MR) is 133 cm³/mol. The van der Waals surface area contributed by atoms with Gasteiger partial charge in [-0.3, -0.25) is 14.4 Å². The summed E-state index contributed by atoms with van der Waals surface area (Å²) in [6.07, 6.45) is 1.65. The van der Waals surface area contributed by atoms with Crippen molar-refractivity contribution in [1.82, 2.24) is 4.90 Å². The lowest BCUT2D eigenvalue weighted by Crippen LogP contribution is -2.53. The highest BCUT2D eigenvalue weighted by atomic mass is 35.5. The van der Waals surface area contributed by atoms with Gasteiger partial charge in [-0.2, -0.15) is 0 Å². The summed E-state index contributed by atoms with van der Waals surface area (Å²) < 4.78 is 11.8. The predicted octanol–water partition coefficient (Wildman–Crippen LogP) is 4.34. The van der Waals surface area contributed by atoms with E-state index in [-0.39, 0.29) is 30.6 Å². The Labute approximate surface area is 209 Å². The first-order chi connectivity index (χ1) is 16.7. The SMILES string of the molecule is COc1ccc(Cl)cc1N1CC(C(=O)N2CCC3(CC2)CC(=O)c2cc(C)cc(C)c2O3)CC1=O. The van der Waals surface area contributed by atoms with Crippen molar-refractivity contribution in [3.63, 3.8) is 0 Å². The largest absolute Gasteiger partial charge is 0.495 e. The molecule has 0 radical (unpaired) electrons. The molecule has 35 heavy (non-hydrogen) atoms. The van der Waals surface area contributed by atoms with Crippen molar-refractivity contribution >= 4 is 34.9 Å². The number of hydrogen-bond acceptors (Lipinski definition) is 5. The first kappa shape index (κ1) is 23.7. The zero-order valence-corrected chi connectivity index (χ0v) is 21.0. The molecule has 5 rings (SSSR count). The lowest BCUT2D eigenvalue weighted by Gasteiger charge is -2.44. The van der Waals surface area contributed by atoms with Crippen LogP contribution in [0.25, 0.3) is 0 Å². The molecule has 0 N–H and O–H groups in total. The van der Waals surface area contributed by atoms with E-state index in [9.17, 15) is 14.4 Å². The minimum absolute atomic E-state index is 0.0361. The average Bonchev–Trinajstić information content (AvgIpc) is 3.21. The molecule has 1 atom stereocenters. The molecule has 184 valence electrons.